The number of carbonyl (C=O) groups excluding carboxylic acids is 3. The summed E-state index contributed by atoms with van der Waals surface area (Å²) in [6, 6.07) is 3.76. The first kappa shape index (κ1) is 19.7. The first-order chi connectivity index (χ1) is 12.0. The second-order valence-corrected chi connectivity index (χ2v) is 7.04. The molecule has 1 aromatic rings. The zero-order chi connectivity index (χ0) is 19.7. The third-order valence-electron chi connectivity index (χ3n) is 3.88. The van der Waals surface area contributed by atoms with Gasteiger partial charge in [-0.05, 0) is 45.9 Å². The number of benzene rings is 1. The number of halogens is 1. The van der Waals surface area contributed by atoms with Crippen LogP contribution < -0.4 is 10.2 Å². The van der Waals surface area contributed by atoms with Crippen molar-refractivity contribution in [2.45, 2.75) is 45.3 Å². The van der Waals surface area contributed by atoms with Crippen molar-refractivity contribution >= 4 is 23.7 Å². The van der Waals surface area contributed by atoms with E-state index in [1.807, 2.05) is 0 Å². The minimum absolute atomic E-state index is 0.112. The SMILES string of the molecule is CCOC(=O)C[C@@]1(NC(=O)OC(C)(C)C)C(=O)N(C)c2ccc(F)cc21. The van der Waals surface area contributed by atoms with Crippen LogP contribution in [0.4, 0.5) is 14.9 Å². The van der Waals surface area contributed by atoms with E-state index in [1.54, 1.807) is 27.7 Å². The highest BCUT2D eigenvalue weighted by Gasteiger charge is 2.53. The fraction of sp³-hybridized carbons (Fsp3) is 0.500. The fourth-order valence-corrected chi connectivity index (χ4v) is 2.90. The summed E-state index contributed by atoms with van der Waals surface area (Å²) in [5.41, 5.74) is -2.02. The fourth-order valence-electron chi connectivity index (χ4n) is 2.90. The molecule has 8 heteroatoms. The Morgan fingerprint density at radius 1 is 1.31 bits per heavy atom. The van der Waals surface area contributed by atoms with E-state index < -0.39 is 41.3 Å². The lowest BCUT2D eigenvalue weighted by atomic mass is 9.87. The number of rotatable bonds is 4. The zero-order valence-corrected chi connectivity index (χ0v) is 15.5. The van der Waals surface area contributed by atoms with E-state index in [0.29, 0.717) is 5.69 Å². The van der Waals surface area contributed by atoms with Crippen molar-refractivity contribution in [3.05, 3.63) is 29.6 Å². The van der Waals surface area contributed by atoms with E-state index in [4.69, 9.17) is 9.47 Å². The minimum Gasteiger partial charge on any atom is -0.466 e. The number of nitrogens with zero attached hydrogens (tertiary/aromatic N) is 1. The van der Waals surface area contributed by atoms with Crippen LogP contribution in [0.1, 0.15) is 39.7 Å². The third-order valence-corrected chi connectivity index (χ3v) is 3.88. The summed E-state index contributed by atoms with van der Waals surface area (Å²) in [6.07, 6.45) is -1.36. The number of carbonyl (C=O) groups is 3. The molecule has 0 unspecified atom stereocenters. The van der Waals surface area contributed by atoms with Crippen molar-refractivity contribution in [1.82, 2.24) is 5.32 Å². The highest BCUT2D eigenvalue weighted by molar-refractivity contribution is 6.10. The maximum Gasteiger partial charge on any atom is 0.408 e. The molecule has 26 heavy (non-hydrogen) atoms. The van der Waals surface area contributed by atoms with Gasteiger partial charge in [0.25, 0.3) is 5.91 Å². The quantitative estimate of drug-likeness (QED) is 0.828. The Hall–Kier alpha value is -2.64. The molecule has 0 fully saturated rings. The Balaban J connectivity index is 2.51. The second-order valence-electron chi connectivity index (χ2n) is 7.04. The molecule has 1 aliphatic rings. The van der Waals surface area contributed by atoms with Crippen LogP contribution in [0.5, 0.6) is 0 Å². The second kappa shape index (κ2) is 6.93. The molecule has 1 heterocycles. The van der Waals surface area contributed by atoms with Crippen molar-refractivity contribution in [3.63, 3.8) is 0 Å². The monoisotopic (exact) mass is 366 g/mol. The lowest BCUT2D eigenvalue weighted by molar-refractivity contribution is -0.147. The van der Waals surface area contributed by atoms with Crippen molar-refractivity contribution in [3.8, 4) is 0 Å². The maximum atomic E-state index is 13.9. The highest BCUT2D eigenvalue weighted by Crippen LogP contribution is 2.42. The number of alkyl carbamates (subject to hydrolysis) is 1. The van der Waals surface area contributed by atoms with E-state index in [2.05, 4.69) is 5.32 Å². The van der Waals surface area contributed by atoms with Gasteiger partial charge in [-0.2, -0.15) is 0 Å². The summed E-state index contributed by atoms with van der Waals surface area (Å²) in [7, 11) is 1.49. The Bertz CT molecular complexity index is 744. The summed E-state index contributed by atoms with van der Waals surface area (Å²) in [5.74, 6) is -1.86. The van der Waals surface area contributed by atoms with Crippen molar-refractivity contribution < 1.29 is 28.2 Å². The number of anilines is 1. The normalized spacial score (nSPS) is 19.2. The van der Waals surface area contributed by atoms with Crippen LogP contribution in [-0.4, -0.2) is 37.2 Å². The van der Waals surface area contributed by atoms with Crippen LogP contribution in [0.2, 0.25) is 0 Å². The van der Waals surface area contributed by atoms with Crippen molar-refractivity contribution in [2.75, 3.05) is 18.6 Å². The molecule has 7 nitrogen and oxygen atoms in total. The molecule has 1 N–H and O–H groups in total. The van der Waals surface area contributed by atoms with E-state index in [1.165, 1.54) is 24.1 Å². The first-order valence-corrected chi connectivity index (χ1v) is 8.25. The largest absolute Gasteiger partial charge is 0.466 e. The first-order valence-electron chi connectivity index (χ1n) is 8.25. The zero-order valence-electron chi connectivity index (χ0n) is 15.5. The molecule has 2 rings (SSSR count). The molecule has 1 atom stereocenters. The van der Waals surface area contributed by atoms with Gasteiger partial charge in [0.05, 0.1) is 13.0 Å². The van der Waals surface area contributed by atoms with E-state index in [-0.39, 0.29) is 12.2 Å². The average Bonchev–Trinajstić information content (AvgIpc) is 2.68. The predicted octanol–water partition coefficient (Wildman–Crippen LogP) is 2.48. The van der Waals surface area contributed by atoms with Gasteiger partial charge in [-0.25, -0.2) is 9.18 Å². The van der Waals surface area contributed by atoms with Gasteiger partial charge in [-0.1, -0.05) is 0 Å². The number of hydrogen-bond donors (Lipinski definition) is 1. The molecular formula is C18H23FN2O5. The number of esters is 1. The Morgan fingerprint density at radius 2 is 1.96 bits per heavy atom. The van der Waals surface area contributed by atoms with Gasteiger partial charge in [0.15, 0.2) is 5.54 Å². The van der Waals surface area contributed by atoms with E-state index >= 15 is 0 Å². The Morgan fingerprint density at radius 3 is 2.54 bits per heavy atom. The molecule has 1 aliphatic heterocycles. The molecule has 0 saturated carbocycles. The van der Waals surface area contributed by atoms with E-state index in [0.717, 1.165) is 6.07 Å². The topological polar surface area (TPSA) is 84.9 Å². The summed E-state index contributed by atoms with van der Waals surface area (Å²) in [5, 5.41) is 2.48. The van der Waals surface area contributed by atoms with Gasteiger partial charge in [-0.3, -0.25) is 9.59 Å². The van der Waals surface area contributed by atoms with Crippen LogP contribution in [0, 0.1) is 5.82 Å². The average molecular weight is 366 g/mol. The summed E-state index contributed by atoms with van der Waals surface area (Å²) < 4.78 is 24.0. The molecule has 0 saturated heterocycles. The van der Waals surface area contributed by atoms with Gasteiger partial charge < -0.3 is 19.7 Å². The number of amides is 2. The molecule has 142 valence electrons. The molecule has 0 aromatic heterocycles. The lowest BCUT2D eigenvalue weighted by Crippen LogP contribution is -2.54. The molecule has 0 bridgehead atoms. The Labute approximate surface area is 151 Å². The molecular weight excluding hydrogens is 343 g/mol. The van der Waals surface area contributed by atoms with Crippen LogP contribution >= 0.6 is 0 Å². The number of fused-ring (bicyclic) bond motifs is 1. The maximum absolute atomic E-state index is 13.9. The third kappa shape index (κ3) is 3.79. The van der Waals surface area contributed by atoms with E-state index in [9.17, 15) is 18.8 Å². The van der Waals surface area contributed by atoms with Gasteiger partial charge in [0, 0.05) is 18.3 Å². The van der Waals surface area contributed by atoms with Gasteiger partial charge in [0.1, 0.15) is 11.4 Å². The smallest absolute Gasteiger partial charge is 0.408 e. The van der Waals surface area contributed by atoms with Crippen LogP contribution in [0.15, 0.2) is 18.2 Å². The van der Waals surface area contributed by atoms with Gasteiger partial charge >= 0.3 is 12.1 Å². The van der Waals surface area contributed by atoms with Gasteiger partial charge in [-0.15, -0.1) is 0 Å². The van der Waals surface area contributed by atoms with Gasteiger partial charge in [0.2, 0.25) is 0 Å². The van der Waals surface area contributed by atoms with Crippen molar-refractivity contribution in [1.29, 1.82) is 0 Å². The minimum atomic E-state index is -1.79. The summed E-state index contributed by atoms with van der Waals surface area (Å²) in [6.45, 7) is 6.74. The van der Waals surface area contributed by atoms with Crippen LogP contribution in [0.25, 0.3) is 0 Å². The Kier molecular flexibility index (Phi) is 5.25. The lowest BCUT2D eigenvalue weighted by Gasteiger charge is -2.30. The predicted molar refractivity (Wildman–Crippen MR) is 92.1 cm³/mol. The summed E-state index contributed by atoms with van der Waals surface area (Å²) >= 11 is 0. The molecule has 0 spiro atoms. The van der Waals surface area contributed by atoms with Crippen LogP contribution in [-0.2, 0) is 24.6 Å². The number of nitrogens with one attached hydrogen (secondary N) is 1. The molecule has 0 aliphatic carbocycles. The number of ether oxygens (including phenoxy) is 2. The van der Waals surface area contributed by atoms with Crippen molar-refractivity contribution in [2.24, 2.45) is 0 Å². The van der Waals surface area contributed by atoms with Crippen LogP contribution in [0.3, 0.4) is 0 Å². The summed E-state index contributed by atoms with van der Waals surface area (Å²) in [4.78, 5) is 38.7. The standard InChI is InChI=1S/C18H23FN2O5/c1-6-25-14(22)10-18(20-16(24)26-17(2,3)4)12-9-11(19)7-8-13(12)21(5)15(18)23/h7-9H,6,10H2,1-5H3,(H,20,24)/t18-/m0/s1. The highest BCUT2D eigenvalue weighted by atomic mass is 19.1. The molecule has 2 amide bonds. The molecule has 0 radical (unpaired) electrons. The number of hydrogen-bond acceptors (Lipinski definition) is 5. The molecule has 1 aromatic carbocycles. The number of likely N-dealkylation sites (N-methyl/N-ethyl adjacent to an activating group) is 1.